The van der Waals surface area contributed by atoms with E-state index in [2.05, 4.69) is 15.9 Å². The zero-order chi connectivity index (χ0) is 12.2. The first kappa shape index (κ1) is 13.8. The Kier molecular flexibility index (Phi) is 5.12. The van der Waals surface area contributed by atoms with Crippen LogP contribution in [0.15, 0.2) is 22.7 Å². The van der Waals surface area contributed by atoms with Gasteiger partial charge in [0.2, 0.25) is 0 Å². The lowest BCUT2D eigenvalue weighted by Crippen LogP contribution is -2.12. The summed E-state index contributed by atoms with van der Waals surface area (Å²) in [4.78, 5) is 0. The van der Waals surface area contributed by atoms with Crippen molar-refractivity contribution in [1.29, 1.82) is 0 Å². The molecule has 0 radical (unpaired) electrons. The number of benzene rings is 1. The summed E-state index contributed by atoms with van der Waals surface area (Å²) < 4.78 is 36.2. The van der Waals surface area contributed by atoms with Gasteiger partial charge in [-0.05, 0) is 48.0 Å². The van der Waals surface area contributed by atoms with Crippen LogP contribution >= 0.6 is 23.5 Å². The second-order valence-corrected chi connectivity index (χ2v) is 5.78. The lowest BCUT2D eigenvalue weighted by molar-refractivity contribution is 0.229. The Morgan fingerprint density at radius 3 is 2.38 bits per heavy atom. The van der Waals surface area contributed by atoms with E-state index in [-0.39, 0.29) is 18.5 Å². The van der Waals surface area contributed by atoms with E-state index in [1.54, 1.807) is 13.8 Å². The molecule has 1 aromatic carbocycles. The average molecular weight is 311 g/mol. The molecule has 0 unspecified atom stereocenters. The number of rotatable bonds is 5. The maximum absolute atomic E-state index is 13.1. The van der Waals surface area contributed by atoms with Crippen LogP contribution in [0.5, 0.6) is 0 Å². The standard InChI is InChI=1S/C10H13BrFO3P/c1-3-14-16(13,15-4-2)10-7-8(12)5-6-9(10)11/h5-7H,3-4H2,1-2H3. The third-order valence-electron chi connectivity index (χ3n) is 1.80. The first-order valence-electron chi connectivity index (χ1n) is 4.88. The Labute approximate surface area is 103 Å². The molecular weight excluding hydrogens is 298 g/mol. The van der Waals surface area contributed by atoms with E-state index in [1.165, 1.54) is 12.1 Å². The van der Waals surface area contributed by atoms with Crippen molar-refractivity contribution in [2.75, 3.05) is 13.2 Å². The van der Waals surface area contributed by atoms with E-state index in [0.717, 1.165) is 6.07 Å². The smallest absolute Gasteiger partial charge is 0.305 e. The molecule has 0 amide bonds. The lowest BCUT2D eigenvalue weighted by Gasteiger charge is -2.18. The molecule has 0 saturated heterocycles. The highest BCUT2D eigenvalue weighted by Crippen LogP contribution is 2.48. The van der Waals surface area contributed by atoms with Crippen LogP contribution in [0.4, 0.5) is 4.39 Å². The third-order valence-corrected chi connectivity index (χ3v) is 4.96. The molecule has 0 N–H and O–H groups in total. The first-order chi connectivity index (χ1) is 7.53. The van der Waals surface area contributed by atoms with Crippen LogP contribution in [-0.4, -0.2) is 13.2 Å². The van der Waals surface area contributed by atoms with Gasteiger partial charge in [0, 0.05) is 4.47 Å². The number of halogens is 2. The van der Waals surface area contributed by atoms with Crippen molar-refractivity contribution >= 4 is 28.8 Å². The summed E-state index contributed by atoms with van der Waals surface area (Å²) in [6.45, 7) is 3.89. The molecule has 3 nitrogen and oxygen atoms in total. The molecule has 0 aliphatic carbocycles. The van der Waals surface area contributed by atoms with E-state index in [4.69, 9.17) is 9.05 Å². The van der Waals surface area contributed by atoms with Crippen molar-refractivity contribution in [3.63, 3.8) is 0 Å². The van der Waals surface area contributed by atoms with Crippen molar-refractivity contribution in [1.82, 2.24) is 0 Å². The summed E-state index contributed by atoms with van der Waals surface area (Å²) in [5.74, 6) is -0.474. The van der Waals surface area contributed by atoms with Crippen molar-refractivity contribution in [2.45, 2.75) is 13.8 Å². The number of hydrogen-bond donors (Lipinski definition) is 0. The normalized spacial score (nSPS) is 11.8. The van der Waals surface area contributed by atoms with E-state index >= 15 is 0 Å². The highest BCUT2D eigenvalue weighted by atomic mass is 79.9. The predicted octanol–water partition coefficient (Wildman–Crippen LogP) is 3.48. The molecule has 0 aliphatic rings. The highest BCUT2D eigenvalue weighted by molar-refractivity contribution is 9.10. The van der Waals surface area contributed by atoms with E-state index in [0.29, 0.717) is 4.47 Å². The number of hydrogen-bond acceptors (Lipinski definition) is 3. The van der Waals surface area contributed by atoms with E-state index in [1.807, 2.05) is 0 Å². The second kappa shape index (κ2) is 5.92. The first-order valence-corrected chi connectivity index (χ1v) is 7.21. The molecule has 16 heavy (non-hydrogen) atoms. The van der Waals surface area contributed by atoms with Gasteiger partial charge in [0.25, 0.3) is 0 Å². The van der Waals surface area contributed by atoms with Gasteiger partial charge in [-0.15, -0.1) is 0 Å². The summed E-state index contributed by atoms with van der Waals surface area (Å²) in [6.07, 6.45) is 0. The van der Waals surface area contributed by atoms with Crippen LogP contribution in [0.3, 0.4) is 0 Å². The molecule has 0 aromatic heterocycles. The topological polar surface area (TPSA) is 35.5 Å². The summed E-state index contributed by atoms with van der Waals surface area (Å²) in [7, 11) is -3.42. The fraction of sp³-hybridized carbons (Fsp3) is 0.400. The van der Waals surface area contributed by atoms with E-state index < -0.39 is 13.4 Å². The van der Waals surface area contributed by atoms with Crippen LogP contribution in [0, 0.1) is 5.82 Å². The van der Waals surface area contributed by atoms with Gasteiger partial charge in [-0.3, -0.25) is 4.57 Å². The third kappa shape index (κ3) is 3.14. The summed E-state index contributed by atoms with van der Waals surface area (Å²) in [6, 6.07) is 3.92. The van der Waals surface area contributed by atoms with Crippen LogP contribution in [0.1, 0.15) is 13.8 Å². The SMILES string of the molecule is CCOP(=O)(OCC)c1cc(F)ccc1Br. The summed E-state index contributed by atoms with van der Waals surface area (Å²) in [5.41, 5.74) is 0. The molecule has 0 bridgehead atoms. The summed E-state index contributed by atoms with van der Waals surface area (Å²) in [5, 5.41) is 0.219. The molecule has 1 rings (SSSR count). The second-order valence-electron chi connectivity index (χ2n) is 2.93. The predicted molar refractivity (Wildman–Crippen MR) is 64.6 cm³/mol. The molecule has 0 heterocycles. The van der Waals surface area contributed by atoms with Crippen LogP contribution in [-0.2, 0) is 13.6 Å². The van der Waals surface area contributed by atoms with Gasteiger partial charge in [0.15, 0.2) is 0 Å². The van der Waals surface area contributed by atoms with Crippen molar-refractivity contribution in [3.8, 4) is 0 Å². The van der Waals surface area contributed by atoms with Crippen LogP contribution in [0.25, 0.3) is 0 Å². The van der Waals surface area contributed by atoms with E-state index in [9.17, 15) is 8.96 Å². The quantitative estimate of drug-likeness (QED) is 0.781. The largest absolute Gasteiger partial charge is 0.362 e. The minimum absolute atomic E-state index is 0.219. The molecule has 0 saturated carbocycles. The van der Waals surface area contributed by atoms with Crippen LogP contribution in [0.2, 0.25) is 0 Å². The Balaban J connectivity index is 3.20. The lowest BCUT2D eigenvalue weighted by atomic mass is 10.3. The Morgan fingerprint density at radius 2 is 1.88 bits per heavy atom. The van der Waals surface area contributed by atoms with Gasteiger partial charge in [-0.2, -0.15) is 0 Å². The maximum atomic E-state index is 13.1. The fourth-order valence-electron chi connectivity index (χ4n) is 1.21. The molecule has 6 heteroatoms. The Hall–Kier alpha value is -0.220. The molecular formula is C10H13BrFO3P. The van der Waals surface area contributed by atoms with Gasteiger partial charge < -0.3 is 9.05 Å². The van der Waals surface area contributed by atoms with Gasteiger partial charge in [-0.25, -0.2) is 4.39 Å². The monoisotopic (exact) mass is 310 g/mol. The molecule has 0 aliphatic heterocycles. The molecule has 0 spiro atoms. The zero-order valence-corrected chi connectivity index (χ0v) is 11.6. The zero-order valence-electron chi connectivity index (χ0n) is 9.07. The molecule has 0 atom stereocenters. The van der Waals surface area contributed by atoms with Crippen molar-refractivity contribution in [2.24, 2.45) is 0 Å². The van der Waals surface area contributed by atoms with Crippen molar-refractivity contribution < 1.29 is 18.0 Å². The Bertz CT molecular complexity index is 401. The van der Waals surface area contributed by atoms with Gasteiger partial charge in [0.05, 0.1) is 18.5 Å². The Morgan fingerprint density at radius 1 is 1.31 bits per heavy atom. The van der Waals surface area contributed by atoms with Crippen molar-refractivity contribution in [3.05, 3.63) is 28.5 Å². The fourth-order valence-corrected chi connectivity index (χ4v) is 3.76. The minimum atomic E-state index is -3.42. The highest BCUT2D eigenvalue weighted by Gasteiger charge is 2.29. The average Bonchev–Trinajstić information content (AvgIpc) is 2.22. The van der Waals surface area contributed by atoms with Gasteiger partial charge in [-0.1, -0.05) is 0 Å². The molecule has 90 valence electrons. The van der Waals surface area contributed by atoms with Gasteiger partial charge in [0.1, 0.15) is 5.82 Å². The molecule has 1 aromatic rings. The summed E-state index contributed by atoms with van der Waals surface area (Å²) >= 11 is 3.21. The maximum Gasteiger partial charge on any atom is 0.362 e. The minimum Gasteiger partial charge on any atom is -0.305 e. The van der Waals surface area contributed by atoms with Gasteiger partial charge >= 0.3 is 7.60 Å². The van der Waals surface area contributed by atoms with Crippen LogP contribution < -0.4 is 5.30 Å². The molecule has 0 fully saturated rings.